The highest BCUT2D eigenvalue weighted by molar-refractivity contribution is 5.96. The number of fused-ring (bicyclic) bond motifs is 1. The molecule has 0 spiro atoms. The summed E-state index contributed by atoms with van der Waals surface area (Å²) in [5.41, 5.74) is 3.23. The quantitative estimate of drug-likeness (QED) is 0.214. The van der Waals surface area contributed by atoms with Crippen molar-refractivity contribution in [2.45, 2.75) is 45.4 Å². The fourth-order valence-corrected chi connectivity index (χ4v) is 4.75. The normalized spacial score (nSPS) is 20.6. The highest BCUT2D eigenvalue weighted by atomic mass is 19.1. The van der Waals surface area contributed by atoms with Crippen LogP contribution in [-0.2, 0) is 0 Å². The lowest BCUT2D eigenvalue weighted by molar-refractivity contribution is 0.273. The summed E-state index contributed by atoms with van der Waals surface area (Å²) in [7, 11) is 0. The first-order valence-electron chi connectivity index (χ1n) is 10.8. The molecule has 1 aliphatic carbocycles. The third kappa shape index (κ3) is 4.53. The highest BCUT2D eigenvalue weighted by Crippen LogP contribution is 2.41. The molecule has 1 atom stereocenters. The number of pyridine rings is 1. The van der Waals surface area contributed by atoms with E-state index in [0.717, 1.165) is 42.1 Å². The van der Waals surface area contributed by atoms with Gasteiger partial charge in [-0.25, -0.2) is 8.78 Å². The molecule has 1 fully saturated rings. The monoisotopic (exact) mass is 423 g/mol. The molecule has 3 aromatic rings. The largest absolute Gasteiger partial charge is 0.409 e. The molecule has 0 amide bonds. The minimum absolute atomic E-state index is 0.0305. The van der Waals surface area contributed by atoms with E-state index in [0.29, 0.717) is 28.9 Å². The molecule has 1 saturated carbocycles. The summed E-state index contributed by atoms with van der Waals surface area (Å²) in [6.45, 7) is 3.76. The first-order chi connectivity index (χ1) is 15.0. The molecular formula is C25H27F2N3O. The number of aromatic nitrogens is 1. The molecule has 4 nitrogen and oxygen atoms in total. The van der Waals surface area contributed by atoms with Crippen molar-refractivity contribution >= 4 is 22.4 Å². The Balaban J connectivity index is 1.44. The maximum absolute atomic E-state index is 13.8. The van der Waals surface area contributed by atoms with Gasteiger partial charge in [-0.05, 0) is 98.0 Å². The average Bonchev–Trinajstić information content (AvgIpc) is 2.79. The SMILES string of the molecule is Cc1cc(N/C(=N\O)[C@H](C)[C@H]2CC[C@@H](c3ccnc4ccc(F)cc43)CC2)ccc1F. The number of oxime groups is 1. The zero-order chi connectivity index (χ0) is 22.0. The number of nitrogens with zero attached hydrogens (tertiary/aromatic N) is 2. The second-order valence-corrected chi connectivity index (χ2v) is 8.54. The van der Waals surface area contributed by atoms with Crippen molar-refractivity contribution in [1.29, 1.82) is 0 Å². The predicted molar refractivity (Wildman–Crippen MR) is 120 cm³/mol. The van der Waals surface area contributed by atoms with Gasteiger partial charge >= 0.3 is 0 Å². The van der Waals surface area contributed by atoms with Gasteiger partial charge in [0.2, 0.25) is 0 Å². The van der Waals surface area contributed by atoms with Crippen LogP contribution in [0.1, 0.15) is 49.7 Å². The molecule has 0 bridgehead atoms. The van der Waals surface area contributed by atoms with Gasteiger partial charge in [-0.2, -0.15) is 0 Å². The molecule has 0 saturated heterocycles. The number of amidine groups is 1. The number of halogens is 2. The molecule has 0 unspecified atom stereocenters. The lowest BCUT2D eigenvalue weighted by Crippen LogP contribution is -2.30. The summed E-state index contributed by atoms with van der Waals surface area (Å²) in [5, 5.41) is 17.1. The Labute approximate surface area is 181 Å². The van der Waals surface area contributed by atoms with E-state index in [1.54, 1.807) is 37.4 Å². The molecule has 4 rings (SSSR count). The van der Waals surface area contributed by atoms with Crippen LogP contribution < -0.4 is 5.32 Å². The second-order valence-electron chi connectivity index (χ2n) is 8.54. The van der Waals surface area contributed by atoms with E-state index in [4.69, 9.17) is 0 Å². The zero-order valence-electron chi connectivity index (χ0n) is 17.8. The summed E-state index contributed by atoms with van der Waals surface area (Å²) in [6, 6.07) is 11.5. The van der Waals surface area contributed by atoms with Crippen LogP contribution in [0.25, 0.3) is 10.9 Å². The summed E-state index contributed by atoms with van der Waals surface area (Å²) in [4.78, 5) is 4.36. The van der Waals surface area contributed by atoms with E-state index in [1.165, 1.54) is 12.1 Å². The van der Waals surface area contributed by atoms with E-state index >= 15 is 0 Å². The molecule has 2 aromatic carbocycles. The minimum Gasteiger partial charge on any atom is -0.409 e. The van der Waals surface area contributed by atoms with E-state index in [-0.39, 0.29) is 17.6 Å². The van der Waals surface area contributed by atoms with Gasteiger partial charge in [0.05, 0.1) is 5.52 Å². The van der Waals surface area contributed by atoms with Gasteiger partial charge in [-0.3, -0.25) is 4.98 Å². The molecule has 162 valence electrons. The Morgan fingerprint density at radius 1 is 1.10 bits per heavy atom. The van der Waals surface area contributed by atoms with Crippen LogP contribution in [0.5, 0.6) is 0 Å². The zero-order valence-corrected chi connectivity index (χ0v) is 17.8. The minimum atomic E-state index is -0.261. The number of anilines is 1. The Bertz CT molecular complexity index is 1110. The van der Waals surface area contributed by atoms with Crippen molar-refractivity contribution in [2.75, 3.05) is 5.32 Å². The summed E-state index contributed by atoms with van der Waals surface area (Å²) < 4.78 is 27.3. The lowest BCUT2D eigenvalue weighted by atomic mass is 9.73. The van der Waals surface area contributed by atoms with Crippen molar-refractivity contribution < 1.29 is 14.0 Å². The first kappa shape index (κ1) is 21.2. The van der Waals surface area contributed by atoms with Gasteiger partial charge in [0.25, 0.3) is 0 Å². The number of nitrogens with one attached hydrogen (secondary N) is 1. The number of hydrogen-bond donors (Lipinski definition) is 2. The Morgan fingerprint density at radius 2 is 1.87 bits per heavy atom. The van der Waals surface area contributed by atoms with Gasteiger partial charge < -0.3 is 10.5 Å². The van der Waals surface area contributed by atoms with E-state index in [1.807, 2.05) is 6.07 Å². The fraction of sp³-hybridized carbons (Fsp3) is 0.360. The van der Waals surface area contributed by atoms with Crippen LogP contribution in [0.4, 0.5) is 14.5 Å². The molecule has 6 heteroatoms. The van der Waals surface area contributed by atoms with E-state index in [9.17, 15) is 14.0 Å². The van der Waals surface area contributed by atoms with Crippen LogP contribution in [0.3, 0.4) is 0 Å². The van der Waals surface area contributed by atoms with Crippen molar-refractivity contribution in [3.05, 3.63) is 71.4 Å². The average molecular weight is 424 g/mol. The van der Waals surface area contributed by atoms with E-state index in [2.05, 4.69) is 22.4 Å². The molecule has 1 aromatic heterocycles. The summed E-state index contributed by atoms with van der Waals surface area (Å²) in [5.74, 6) is 0.741. The molecular weight excluding hydrogens is 396 g/mol. The lowest BCUT2D eigenvalue weighted by Gasteiger charge is -2.33. The third-order valence-electron chi connectivity index (χ3n) is 6.63. The first-order valence-corrected chi connectivity index (χ1v) is 10.8. The van der Waals surface area contributed by atoms with Crippen LogP contribution in [-0.4, -0.2) is 16.0 Å². The Hall–Kier alpha value is -3.02. The number of aryl methyl sites for hydroxylation is 1. The third-order valence-corrected chi connectivity index (χ3v) is 6.63. The van der Waals surface area contributed by atoms with Crippen LogP contribution in [0, 0.1) is 30.4 Å². The molecule has 0 aliphatic heterocycles. The second kappa shape index (κ2) is 9.00. The molecule has 2 N–H and O–H groups in total. The molecule has 1 aliphatic rings. The van der Waals surface area contributed by atoms with Gasteiger partial charge in [-0.15, -0.1) is 0 Å². The molecule has 1 heterocycles. The van der Waals surface area contributed by atoms with Crippen LogP contribution in [0.15, 0.2) is 53.8 Å². The van der Waals surface area contributed by atoms with Gasteiger partial charge in [-0.1, -0.05) is 12.1 Å². The fourth-order valence-electron chi connectivity index (χ4n) is 4.75. The van der Waals surface area contributed by atoms with Gasteiger partial charge in [0.15, 0.2) is 0 Å². The van der Waals surface area contributed by atoms with Crippen molar-refractivity contribution in [3.8, 4) is 0 Å². The maximum Gasteiger partial charge on any atom is 0.149 e. The smallest absolute Gasteiger partial charge is 0.149 e. The Morgan fingerprint density at radius 3 is 2.58 bits per heavy atom. The number of benzene rings is 2. The van der Waals surface area contributed by atoms with Crippen molar-refractivity contribution in [2.24, 2.45) is 17.0 Å². The maximum atomic E-state index is 13.8. The highest BCUT2D eigenvalue weighted by Gasteiger charge is 2.30. The van der Waals surface area contributed by atoms with Crippen molar-refractivity contribution in [1.82, 2.24) is 4.98 Å². The topological polar surface area (TPSA) is 57.5 Å². The van der Waals surface area contributed by atoms with Crippen LogP contribution in [0.2, 0.25) is 0 Å². The summed E-state index contributed by atoms with van der Waals surface area (Å²) in [6.07, 6.45) is 5.73. The summed E-state index contributed by atoms with van der Waals surface area (Å²) >= 11 is 0. The molecule has 0 radical (unpaired) electrons. The number of hydrogen-bond acceptors (Lipinski definition) is 3. The van der Waals surface area contributed by atoms with Crippen LogP contribution >= 0.6 is 0 Å². The van der Waals surface area contributed by atoms with E-state index < -0.39 is 0 Å². The Kier molecular flexibility index (Phi) is 6.16. The van der Waals surface area contributed by atoms with Gasteiger partial charge in [0.1, 0.15) is 17.5 Å². The number of rotatable bonds is 4. The predicted octanol–water partition coefficient (Wildman–Crippen LogP) is 6.63. The molecule has 31 heavy (non-hydrogen) atoms. The van der Waals surface area contributed by atoms with Gasteiger partial charge in [0, 0.05) is 23.2 Å². The van der Waals surface area contributed by atoms with Crippen molar-refractivity contribution in [3.63, 3.8) is 0 Å². The standard InChI is InChI=1S/C25H27F2N3O/c1-15-13-20(8-9-23(15)27)29-25(30-31)16(2)17-3-5-18(6-4-17)21-11-12-28-24-10-7-19(26)14-22(21)24/h7-14,16-18,31H,3-6H2,1-2H3,(H,29,30)/t16-,17-,18+/m1/s1.